The summed E-state index contributed by atoms with van der Waals surface area (Å²) in [5.41, 5.74) is 0.732. The second kappa shape index (κ2) is 17.8. The smallest absolute Gasteiger partial charge is 0.0940 e. The van der Waals surface area contributed by atoms with Crippen LogP contribution in [0.2, 0.25) is 13.1 Å². The number of allylic oxidation sites excluding steroid dienone is 1. The van der Waals surface area contributed by atoms with Gasteiger partial charge in [-0.2, -0.15) is 5.26 Å². The second-order valence-corrected chi connectivity index (χ2v) is 5.44. The van der Waals surface area contributed by atoms with Crippen molar-refractivity contribution in [3.63, 3.8) is 0 Å². The van der Waals surface area contributed by atoms with Crippen molar-refractivity contribution >= 4 is 9.52 Å². The number of nitrogens with zero attached hydrogens (tertiary/aromatic N) is 1. The topological polar surface area (TPSA) is 23.8 Å². The molecule has 0 aromatic heterocycles. The summed E-state index contributed by atoms with van der Waals surface area (Å²) in [6.45, 7) is 10.2. The third kappa shape index (κ3) is 21.3. The van der Waals surface area contributed by atoms with Crippen LogP contribution in [0.5, 0.6) is 0 Å². The van der Waals surface area contributed by atoms with Gasteiger partial charge in [0.25, 0.3) is 0 Å². The highest BCUT2D eigenvalue weighted by Crippen LogP contribution is 2.11. The molecule has 0 aliphatic heterocycles. The first-order valence-electron chi connectivity index (χ1n) is 6.89. The van der Waals surface area contributed by atoms with Gasteiger partial charge >= 0.3 is 0 Å². The van der Waals surface area contributed by atoms with E-state index in [0.29, 0.717) is 0 Å². The number of hydrogen-bond donors (Lipinski definition) is 0. The van der Waals surface area contributed by atoms with Crippen LogP contribution < -0.4 is 0 Å². The number of rotatable bonds is 9. The van der Waals surface area contributed by atoms with Gasteiger partial charge in [0, 0.05) is 15.1 Å². The Labute approximate surface area is 111 Å². The van der Waals surface area contributed by atoms with Crippen LogP contribution in [-0.2, 0) is 0 Å². The molecule has 0 spiro atoms. The summed E-state index contributed by atoms with van der Waals surface area (Å²) in [6, 6.07) is 2.09. The third-order valence-electron chi connectivity index (χ3n) is 2.49. The van der Waals surface area contributed by atoms with Crippen LogP contribution >= 0.6 is 0 Å². The Hall–Kier alpha value is -0.553. The van der Waals surface area contributed by atoms with Crippen molar-refractivity contribution in [2.75, 3.05) is 0 Å². The molecule has 0 unspecified atom stereocenters. The molecule has 98 valence electrons. The Morgan fingerprint density at radius 3 is 1.82 bits per heavy atom. The molecule has 2 heteroatoms. The second-order valence-electron chi connectivity index (χ2n) is 4.44. The molecule has 0 amide bonds. The predicted octanol–water partition coefficient (Wildman–Crippen LogP) is 5.38. The molecule has 0 N–H and O–H groups in total. The molecule has 17 heavy (non-hydrogen) atoms. The van der Waals surface area contributed by atoms with Gasteiger partial charge in [-0.3, -0.25) is 0 Å². The van der Waals surface area contributed by atoms with E-state index < -0.39 is 0 Å². The Bertz CT molecular complexity index is 194. The van der Waals surface area contributed by atoms with E-state index in [-0.39, 0.29) is 0 Å². The predicted molar refractivity (Wildman–Crippen MR) is 79.5 cm³/mol. The molecule has 0 aliphatic rings. The number of nitriles is 1. The summed E-state index contributed by atoms with van der Waals surface area (Å²) in [6.07, 6.45) is 11.4. The summed E-state index contributed by atoms with van der Waals surface area (Å²) in [7, 11) is 1.08. The molecular weight excluding hydrogens is 222 g/mol. The first kappa shape index (κ1) is 18.8. The summed E-state index contributed by atoms with van der Waals surface area (Å²) in [4.78, 5) is 0. The van der Waals surface area contributed by atoms with Gasteiger partial charge in [-0.25, -0.2) is 0 Å². The Morgan fingerprint density at radius 1 is 1.00 bits per heavy atom. The molecule has 0 atom stereocenters. The van der Waals surface area contributed by atoms with Gasteiger partial charge in [-0.1, -0.05) is 71.5 Å². The van der Waals surface area contributed by atoms with Crippen molar-refractivity contribution in [2.45, 2.75) is 77.8 Å². The highest BCUT2D eigenvalue weighted by Gasteiger charge is 1.93. The molecule has 0 bridgehead atoms. The highest BCUT2D eigenvalue weighted by atomic mass is 28.2. The quantitative estimate of drug-likeness (QED) is 0.306. The molecule has 2 radical (unpaired) electrons. The molecule has 1 nitrogen and oxygen atoms in total. The maximum absolute atomic E-state index is 8.49. The standard InChI is InChI=1S/C13H23N.C2H6Si/c1-3-4-5-6-7-8-9-10-11-13(2)12-14;1-3-2/h2-11H2,1H3;1-2H3. The zero-order valence-electron chi connectivity index (χ0n) is 12.0. The fourth-order valence-electron chi connectivity index (χ4n) is 1.53. The first-order valence-corrected chi connectivity index (χ1v) is 8.89. The Balaban J connectivity index is 0. The highest BCUT2D eigenvalue weighted by molar-refractivity contribution is 6.31. The minimum absolute atomic E-state index is 0.732. The normalized spacial score (nSPS) is 9.06. The minimum atomic E-state index is 0.732. The molecule has 0 saturated carbocycles. The van der Waals surface area contributed by atoms with E-state index in [0.717, 1.165) is 27.9 Å². The maximum atomic E-state index is 8.49. The Kier molecular flexibility index (Phi) is 19.7. The van der Waals surface area contributed by atoms with Crippen molar-refractivity contribution < 1.29 is 0 Å². The van der Waals surface area contributed by atoms with Crippen LogP contribution in [0.15, 0.2) is 12.2 Å². The molecule has 0 aromatic carbocycles. The zero-order valence-corrected chi connectivity index (χ0v) is 13.0. The lowest BCUT2D eigenvalue weighted by Gasteiger charge is -2.00. The van der Waals surface area contributed by atoms with Gasteiger partial charge in [0.05, 0.1) is 6.07 Å². The molecule has 0 aromatic rings. The SMILES string of the molecule is C=C(C#N)CCCCCCCCCC.C[Si]C. The molecule has 0 aliphatic carbocycles. The molecular formula is C15H29NSi. The fourth-order valence-corrected chi connectivity index (χ4v) is 1.53. The summed E-state index contributed by atoms with van der Waals surface area (Å²) in [5.74, 6) is 0. The number of hydrogen-bond acceptors (Lipinski definition) is 1. The molecule has 0 rings (SSSR count). The van der Waals surface area contributed by atoms with Gasteiger partial charge in [0.15, 0.2) is 0 Å². The summed E-state index contributed by atoms with van der Waals surface area (Å²) < 4.78 is 0. The Morgan fingerprint density at radius 2 is 1.41 bits per heavy atom. The zero-order chi connectivity index (χ0) is 13.4. The first-order chi connectivity index (χ1) is 8.22. The maximum Gasteiger partial charge on any atom is 0.0940 e. The fraction of sp³-hybridized carbons (Fsp3) is 0.800. The van der Waals surface area contributed by atoms with E-state index in [1.807, 2.05) is 0 Å². The largest absolute Gasteiger partial charge is 0.193 e. The van der Waals surface area contributed by atoms with Crippen LogP contribution in [0.4, 0.5) is 0 Å². The average Bonchev–Trinajstić information content (AvgIpc) is 2.33. The molecule has 0 saturated heterocycles. The van der Waals surface area contributed by atoms with Gasteiger partial charge in [-0.15, -0.1) is 0 Å². The van der Waals surface area contributed by atoms with E-state index in [1.165, 1.54) is 44.9 Å². The van der Waals surface area contributed by atoms with Gasteiger partial charge in [0.1, 0.15) is 0 Å². The van der Waals surface area contributed by atoms with E-state index in [4.69, 9.17) is 5.26 Å². The van der Waals surface area contributed by atoms with E-state index in [9.17, 15) is 0 Å². The third-order valence-corrected chi connectivity index (χ3v) is 2.49. The van der Waals surface area contributed by atoms with Gasteiger partial charge in [0.2, 0.25) is 0 Å². The summed E-state index contributed by atoms with van der Waals surface area (Å²) >= 11 is 0. The van der Waals surface area contributed by atoms with E-state index >= 15 is 0 Å². The minimum Gasteiger partial charge on any atom is -0.193 e. The van der Waals surface area contributed by atoms with Crippen molar-refractivity contribution in [1.82, 2.24) is 0 Å². The van der Waals surface area contributed by atoms with Crippen molar-refractivity contribution in [1.29, 1.82) is 5.26 Å². The van der Waals surface area contributed by atoms with Crippen LogP contribution in [-0.4, -0.2) is 9.52 Å². The van der Waals surface area contributed by atoms with Crippen molar-refractivity contribution in [3.05, 3.63) is 12.2 Å². The van der Waals surface area contributed by atoms with Crippen LogP contribution in [0, 0.1) is 11.3 Å². The lowest BCUT2D eigenvalue weighted by atomic mass is 10.1. The van der Waals surface area contributed by atoms with Crippen LogP contribution in [0.25, 0.3) is 0 Å². The van der Waals surface area contributed by atoms with Crippen molar-refractivity contribution in [3.8, 4) is 6.07 Å². The van der Waals surface area contributed by atoms with Crippen LogP contribution in [0.3, 0.4) is 0 Å². The van der Waals surface area contributed by atoms with Gasteiger partial charge < -0.3 is 0 Å². The van der Waals surface area contributed by atoms with Gasteiger partial charge in [-0.05, 0) is 12.8 Å². The molecule has 0 fully saturated rings. The van der Waals surface area contributed by atoms with E-state index in [2.05, 4.69) is 32.7 Å². The average molecular weight is 251 g/mol. The lowest BCUT2D eigenvalue weighted by molar-refractivity contribution is 0.576. The van der Waals surface area contributed by atoms with Crippen LogP contribution in [0.1, 0.15) is 64.7 Å². The monoisotopic (exact) mass is 251 g/mol. The van der Waals surface area contributed by atoms with E-state index in [1.54, 1.807) is 0 Å². The number of unbranched alkanes of at least 4 members (excludes halogenated alkanes) is 7. The van der Waals surface area contributed by atoms with Crippen molar-refractivity contribution in [2.24, 2.45) is 0 Å². The molecule has 0 heterocycles. The lowest BCUT2D eigenvalue weighted by Crippen LogP contribution is -1.82. The summed E-state index contributed by atoms with van der Waals surface area (Å²) in [5, 5.41) is 8.49.